The largest absolute Gasteiger partial charge is 0.495 e. The molecule has 4 heteroatoms. The lowest BCUT2D eigenvalue weighted by Gasteiger charge is -2.07. The summed E-state index contributed by atoms with van der Waals surface area (Å²) in [5, 5.41) is 8.90. The molecule has 0 aliphatic carbocycles. The molecule has 0 aliphatic rings. The maximum atomic E-state index is 8.90. The second-order valence-corrected chi connectivity index (χ2v) is 3.20. The molecular weight excluding hydrogens is 222 g/mol. The van der Waals surface area contributed by atoms with Gasteiger partial charge < -0.3 is 15.6 Å². The van der Waals surface area contributed by atoms with Crippen LogP contribution in [0.4, 0.5) is 5.69 Å². The molecule has 0 saturated carbocycles. The van der Waals surface area contributed by atoms with Crippen molar-refractivity contribution >= 4 is 21.6 Å². The Morgan fingerprint density at radius 2 is 2.25 bits per heavy atom. The standard InChI is InChI=1S/C8H10BrNO2/c1-12-8-2-5(4-11)6(9)3-7(8)10/h2-3,11H,4,10H2,1H3. The highest BCUT2D eigenvalue weighted by atomic mass is 79.9. The van der Waals surface area contributed by atoms with Crippen LogP contribution in [-0.2, 0) is 6.61 Å². The molecule has 1 aromatic carbocycles. The summed E-state index contributed by atoms with van der Waals surface area (Å²) < 4.78 is 5.78. The second kappa shape index (κ2) is 3.78. The molecular formula is C8H10BrNO2. The zero-order valence-electron chi connectivity index (χ0n) is 6.67. The van der Waals surface area contributed by atoms with Crippen LogP contribution < -0.4 is 10.5 Å². The Morgan fingerprint density at radius 1 is 1.58 bits per heavy atom. The van der Waals surface area contributed by atoms with Crippen molar-refractivity contribution in [1.82, 2.24) is 0 Å². The van der Waals surface area contributed by atoms with Gasteiger partial charge in [0, 0.05) is 4.47 Å². The quantitative estimate of drug-likeness (QED) is 0.760. The van der Waals surface area contributed by atoms with Gasteiger partial charge in [-0.2, -0.15) is 0 Å². The van der Waals surface area contributed by atoms with Gasteiger partial charge in [-0.3, -0.25) is 0 Å². The topological polar surface area (TPSA) is 55.5 Å². The highest BCUT2D eigenvalue weighted by Gasteiger charge is 2.04. The van der Waals surface area contributed by atoms with Crippen molar-refractivity contribution in [3.8, 4) is 5.75 Å². The van der Waals surface area contributed by atoms with Gasteiger partial charge >= 0.3 is 0 Å². The van der Waals surface area contributed by atoms with E-state index in [9.17, 15) is 0 Å². The first-order chi connectivity index (χ1) is 5.69. The summed E-state index contributed by atoms with van der Waals surface area (Å²) in [4.78, 5) is 0. The highest BCUT2D eigenvalue weighted by molar-refractivity contribution is 9.10. The summed E-state index contributed by atoms with van der Waals surface area (Å²) in [6.07, 6.45) is 0. The van der Waals surface area contributed by atoms with Crippen LogP contribution in [0.2, 0.25) is 0 Å². The van der Waals surface area contributed by atoms with Gasteiger partial charge in [0.2, 0.25) is 0 Å². The number of halogens is 1. The lowest BCUT2D eigenvalue weighted by molar-refractivity contribution is 0.280. The SMILES string of the molecule is COc1cc(CO)c(Br)cc1N. The molecule has 0 aliphatic heterocycles. The molecule has 0 radical (unpaired) electrons. The zero-order chi connectivity index (χ0) is 9.14. The molecule has 0 fully saturated rings. The number of nitrogens with two attached hydrogens (primary N) is 1. The van der Waals surface area contributed by atoms with E-state index in [0.29, 0.717) is 11.4 Å². The molecule has 0 aromatic heterocycles. The molecule has 1 aromatic rings. The van der Waals surface area contributed by atoms with Crippen LogP contribution in [0.15, 0.2) is 16.6 Å². The first-order valence-electron chi connectivity index (χ1n) is 3.41. The summed E-state index contributed by atoms with van der Waals surface area (Å²) >= 11 is 3.28. The van der Waals surface area contributed by atoms with E-state index in [1.165, 1.54) is 0 Å². The van der Waals surface area contributed by atoms with Crippen molar-refractivity contribution in [2.45, 2.75) is 6.61 Å². The second-order valence-electron chi connectivity index (χ2n) is 2.34. The van der Waals surface area contributed by atoms with E-state index in [0.717, 1.165) is 10.0 Å². The first kappa shape index (κ1) is 9.35. The van der Waals surface area contributed by atoms with Crippen LogP contribution >= 0.6 is 15.9 Å². The van der Waals surface area contributed by atoms with Crippen molar-refractivity contribution in [2.24, 2.45) is 0 Å². The van der Waals surface area contributed by atoms with Crippen LogP contribution in [0.25, 0.3) is 0 Å². The highest BCUT2D eigenvalue weighted by Crippen LogP contribution is 2.28. The van der Waals surface area contributed by atoms with Gasteiger partial charge in [-0.25, -0.2) is 0 Å². The number of nitrogen functional groups attached to an aromatic ring is 1. The first-order valence-corrected chi connectivity index (χ1v) is 4.21. The summed E-state index contributed by atoms with van der Waals surface area (Å²) in [5.74, 6) is 0.585. The molecule has 0 atom stereocenters. The van der Waals surface area contributed by atoms with Crippen LogP contribution in [0.3, 0.4) is 0 Å². The number of aliphatic hydroxyl groups is 1. The smallest absolute Gasteiger partial charge is 0.142 e. The summed E-state index contributed by atoms with van der Waals surface area (Å²) in [6, 6.07) is 3.42. The van der Waals surface area contributed by atoms with E-state index >= 15 is 0 Å². The molecule has 0 unspecified atom stereocenters. The van der Waals surface area contributed by atoms with Crippen LogP contribution in [0.5, 0.6) is 5.75 Å². The maximum Gasteiger partial charge on any atom is 0.142 e. The summed E-state index contributed by atoms with van der Waals surface area (Å²) in [7, 11) is 1.54. The number of benzene rings is 1. The monoisotopic (exact) mass is 231 g/mol. The van der Waals surface area contributed by atoms with Crippen LogP contribution in [0.1, 0.15) is 5.56 Å². The Kier molecular flexibility index (Phi) is 2.94. The number of rotatable bonds is 2. The number of methoxy groups -OCH3 is 1. The molecule has 66 valence electrons. The molecule has 0 spiro atoms. The fourth-order valence-corrected chi connectivity index (χ4v) is 1.40. The molecule has 0 saturated heterocycles. The lowest BCUT2D eigenvalue weighted by Crippen LogP contribution is -1.95. The van der Waals surface area contributed by atoms with Crippen LogP contribution in [-0.4, -0.2) is 12.2 Å². The Labute approximate surface area is 79.3 Å². The van der Waals surface area contributed by atoms with E-state index in [-0.39, 0.29) is 6.61 Å². The third kappa shape index (κ3) is 1.70. The zero-order valence-corrected chi connectivity index (χ0v) is 8.26. The average molecular weight is 232 g/mol. The fraction of sp³-hybridized carbons (Fsp3) is 0.250. The number of hydrogen-bond acceptors (Lipinski definition) is 3. The normalized spacial score (nSPS) is 9.92. The molecule has 12 heavy (non-hydrogen) atoms. The fourth-order valence-electron chi connectivity index (χ4n) is 0.909. The Morgan fingerprint density at radius 3 is 2.75 bits per heavy atom. The van der Waals surface area contributed by atoms with Gasteiger partial charge in [0.15, 0.2) is 0 Å². The van der Waals surface area contributed by atoms with Gasteiger partial charge in [0.1, 0.15) is 5.75 Å². The van der Waals surface area contributed by atoms with E-state index in [4.69, 9.17) is 15.6 Å². The van der Waals surface area contributed by atoms with Crippen molar-refractivity contribution in [1.29, 1.82) is 0 Å². The number of ether oxygens (including phenoxy) is 1. The van der Waals surface area contributed by atoms with E-state index in [1.54, 1.807) is 19.2 Å². The number of aliphatic hydroxyl groups excluding tert-OH is 1. The van der Waals surface area contributed by atoms with Crippen molar-refractivity contribution in [3.05, 3.63) is 22.2 Å². The van der Waals surface area contributed by atoms with E-state index < -0.39 is 0 Å². The Bertz CT molecular complexity index is 263. The maximum absolute atomic E-state index is 8.90. The molecule has 0 amide bonds. The van der Waals surface area contributed by atoms with Gasteiger partial charge in [0.25, 0.3) is 0 Å². The minimum absolute atomic E-state index is 0.0305. The summed E-state index contributed by atoms with van der Waals surface area (Å²) in [5.41, 5.74) is 6.94. The Balaban J connectivity index is 3.18. The van der Waals surface area contributed by atoms with E-state index in [2.05, 4.69) is 15.9 Å². The van der Waals surface area contributed by atoms with E-state index in [1.807, 2.05) is 0 Å². The minimum atomic E-state index is -0.0305. The molecule has 3 N–H and O–H groups in total. The average Bonchev–Trinajstić information content (AvgIpc) is 2.05. The van der Waals surface area contributed by atoms with Crippen molar-refractivity contribution in [2.75, 3.05) is 12.8 Å². The van der Waals surface area contributed by atoms with Gasteiger partial charge in [-0.15, -0.1) is 0 Å². The summed E-state index contributed by atoms with van der Waals surface area (Å²) in [6.45, 7) is -0.0305. The van der Waals surface area contributed by atoms with Crippen molar-refractivity contribution in [3.63, 3.8) is 0 Å². The molecule has 1 rings (SSSR count). The third-order valence-corrected chi connectivity index (χ3v) is 2.31. The number of hydrogen-bond donors (Lipinski definition) is 2. The van der Waals surface area contributed by atoms with Gasteiger partial charge in [0.05, 0.1) is 19.4 Å². The number of anilines is 1. The van der Waals surface area contributed by atoms with Crippen molar-refractivity contribution < 1.29 is 9.84 Å². The predicted molar refractivity (Wildman–Crippen MR) is 51.0 cm³/mol. The van der Waals surface area contributed by atoms with Crippen LogP contribution in [0, 0.1) is 0 Å². The molecule has 3 nitrogen and oxygen atoms in total. The minimum Gasteiger partial charge on any atom is -0.495 e. The third-order valence-electron chi connectivity index (χ3n) is 1.57. The molecule has 0 bridgehead atoms. The lowest BCUT2D eigenvalue weighted by atomic mass is 10.2. The molecule has 0 heterocycles. The van der Waals surface area contributed by atoms with Gasteiger partial charge in [-0.1, -0.05) is 15.9 Å². The van der Waals surface area contributed by atoms with Gasteiger partial charge in [-0.05, 0) is 17.7 Å². The predicted octanol–water partition coefficient (Wildman–Crippen LogP) is 1.53. The Hall–Kier alpha value is -0.740.